The molecule has 1 atom stereocenters. The lowest BCUT2D eigenvalue weighted by atomic mass is 10.3. The molecule has 0 aromatic carbocycles. The molecule has 88 valence electrons. The van der Waals surface area contributed by atoms with Gasteiger partial charge >= 0.3 is 0 Å². The van der Waals surface area contributed by atoms with Crippen LogP contribution in [0.15, 0.2) is 22.8 Å². The van der Waals surface area contributed by atoms with Crippen LogP contribution in [0.25, 0.3) is 0 Å². The molecule has 0 aliphatic heterocycles. The number of amides is 2. The van der Waals surface area contributed by atoms with Crippen LogP contribution in [-0.2, 0) is 4.79 Å². The summed E-state index contributed by atoms with van der Waals surface area (Å²) >= 11 is 0. The van der Waals surface area contributed by atoms with Gasteiger partial charge < -0.3 is 20.8 Å². The highest BCUT2D eigenvalue weighted by atomic mass is 16.3. The predicted octanol–water partition coefficient (Wildman–Crippen LogP) is -0.527. The zero-order valence-corrected chi connectivity index (χ0v) is 9.03. The Morgan fingerprint density at radius 1 is 1.56 bits per heavy atom. The summed E-state index contributed by atoms with van der Waals surface area (Å²) in [4.78, 5) is 22.9. The molecule has 0 saturated carbocycles. The Labute approximate surface area is 93.2 Å². The molecule has 0 spiro atoms. The Morgan fingerprint density at radius 3 is 2.88 bits per heavy atom. The minimum absolute atomic E-state index is 0.179. The molecule has 6 heteroatoms. The van der Waals surface area contributed by atoms with Gasteiger partial charge in [-0.25, -0.2) is 0 Å². The van der Waals surface area contributed by atoms with Crippen LogP contribution in [0.1, 0.15) is 17.5 Å². The molecule has 1 unspecified atom stereocenters. The van der Waals surface area contributed by atoms with Crippen molar-refractivity contribution in [3.8, 4) is 0 Å². The molecule has 0 aliphatic carbocycles. The first-order valence-electron chi connectivity index (χ1n) is 4.97. The first-order chi connectivity index (χ1) is 7.65. The zero-order chi connectivity index (χ0) is 12.0. The van der Waals surface area contributed by atoms with E-state index in [1.807, 2.05) is 0 Å². The number of carbonyl (C=O) groups excluding carboxylic acids is 2. The molecule has 0 fully saturated rings. The molecule has 2 amide bonds. The van der Waals surface area contributed by atoms with Crippen molar-refractivity contribution in [2.24, 2.45) is 5.73 Å². The second-order valence-electron chi connectivity index (χ2n) is 3.25. The van der Waals surface area contributed by atoms with Crippen molar-refractivity contribution in [1.82, 2.24) is 10.6 Å². The fourth-order valence-electron chi connectivity index (χ4n) is 1.09. The van der Waals surface area contributed by atoms with E-state index in [-0.39, 0.29) is 11.7 Å². The average molecular weight is 225 g/mol. The maximum Gasteiger partial charge on any atom is 0.287 e. The van der Waals surface area contributed by atoms with E-state index in [0.717, 1.165) is 0 Å². The quantitative estimate of drug-likeness (QED) is 0.627. The van der Waals surface area contributed by atoms with Crippen molar-refractivity contribution < 1.29 is 14.0 Å². The Balaban J connectivity index is 2.42. The van der Waals surface area contributed by atoms with Crippen molar-refractivity contribution in [3.05, 3.63) is 24.2 Å². The van der Waals surface area contributed by atoms with Gasteiger partial charge in [-0.05, 0) is 19.1 Å². The van der Waals surface area contributed by atoms with Crippen molar-refractivity contribution in [2.45, 2.75) is 13.0 Å². The SMILES string of the molecule is CC(NC(=O)c1ccco1)C(=O)NCCN. The molecular weight excluding hydrogens is 210 g/mol. The van der Waals surface area contributed by atoms with Gasteiger partial charge in [0.15, 0.2) is 5.76 Å². The molecule has 1 aromatic rings. The first-order valence-corrected chi connectivity index (χ1v) is 4.97. The first kappa shape index (κ1) is 12.3. The van der Waals surface area contributed by atoms with Crippen molar-refractivity contribution >= 4 is 11.8 Å². The van der Waals surface area contributed by atoms with Crippen molar-refractivity contribution in [2.75, 3.05) is 13.1 Å². The minimum Gasteiger partial charge on any atom is -0.459 e. The monoisotopic (exact) mass is 225 g/mol. The number of furan rings is 1. The van der Waals surface area contributed by atoms with E-state index < -0.39 is 11.9 Å². The van der Waals surface area contributed by atoms with Crippen LogP contribution in [0, 0.1) is 0 Å². The summed E-state index contributed by atoms with van der Waals surface area (Å²) in [5, 5.41) is 5.08. The molecule has 4 N–H and O–H groups in total. The second-order valence-corrected chi connectivity index (χ2v) is 3.25. The lowest BCUT2D eigenvalue weighted by Crippen LogP contribution is -2.45. The van der Waals surface area contributed by atoms with E-state index in [4.69, 9.17) is 10.2 Å². The van der Waals surface area contributed by atoms with Crippen LogP contribution >= 0.6 is 0 Å². The number of hydrogen-bond acceptors (Lipinski definition) is 4. The molecule has 0 aliphatic rings. The molecule has 16 heavy (non-hydrogen) atoms. The Hall–Kier alpha value is -1.82. The van der Waals surface area contributed by atoms with Gasteiger partial charge in [-0.15, -0.1) is 0 Å². The molecule has 1 heterocycles. The van der Waals surface area contributed by atoms with Crippen LogP contribution in [0.2, 0.25) is 0 Å². The molecule has 6 nitrogen and oxygen atoms in total. The van der Waals surface area contributed by atoms with Gasteiger partial charge in [0, 0.05) is 13.1 Å². The van der Waals surface area contributed by atoms with Gasteiger partial charge in [0.1, 0.15) is 6.04 Å². The van der Waals surface area contributed by atoms with Crippen LogP contribution in [-0.4, -0.2) is 30.9 Å². The summed E-state index contributed by atoms with van der Waals surface area (Å²) in [6.07, 6.45) is 1.40. The van der Waals surface area contributed by atoms with Crippen LogP contribution < -0.4 is 16.4 Å². The smallest absolute Gasteiger partial charge is 0.287 e. The Morgan fingerprint density at radius 2 is 2.31 bits per heavy atom. The van der Waals surface area contributed by atoms with Crippen molar-refractivity contribution in [1.29, 1.82) is 0 Å². The topological polar surface area (TPSA) is 97.4 Å². The maximum absolute atomic E-state index is 11.5. The second kappa shape index (κ2) is 5.92. The predicted molar refractivity (Wildman–Crippen MR) is 57.7 cm³/mol. The Kier molecular flexibility index (Phi) is 4.53. The maximum atomic E-state index is 11.5. The van der Waals surface area contributed by atoms with Gasteiger partial charge in [0.05, 0.1) is 6.26 Å². The highest BCUT2D eigenvalue weighted by Gasteiger charge is 2.17. The van der Waals surface area contributed by atoms with Gasteiger partial charge in [-0.2, -0.15) is 0 Å². The molecule has 1 rings (SSSR count). The lowest BCUT2D eigenvalue weighted by Gasteiger charge is -2.12. The van der Waals surface area contributed by atoms with E-state index in [0.29, 0.717) is 13.1 Å². The zero-order valence-electron chi connectivity index (χ0n) is 9.03. The highest BCUT2D eigenvalue weighted by Crippen LogP contribution is 1.99. The average Bonchev–Trinajstić information content (AvgIpc) is 2.79. The van der Waals surface area contributed by atoms with Gasteiger partial charge in [0.25, 0.3) is 5.91 Å². The standard InChI is InChI=1S/C10H15N3O3/c1-7(9(14)12-5-4-11)13-10(15)8-3-2-6-16-8/h2-3,6-7H,4-5,11H2,1H3,(H,12,14)(H,13,15). The van der Waals surface area contributed by atoms with Crippen LogP contribution in [0.3, 0.4) is 0 Å². The summed E-state index contributed by atoms with van der Waals surface area (Å²) in [5.74, 6) is -0.510. The number of carbonyl (C=O) groups is 2. The summed E-state index contributed by atoms with van der Waals surface area (Å²) in [7, 11) is 0. The van der Waals surface area contributed by atoms with E-state index >= 15 is 0 Å². The lowest BCUT2D eigenvalue weighted by molar-refractivity contribution is -0.122. The molecule has 1 aromatic heterocycles. The van der Waals surface area contributed by atoms with E-state index in [2.05, 4.69) is 10.6 Å². The number of rotatable bonds is 5. The largest absolute Gasteiger partial charge is 0.459 e. The van der Waals surface area contributed by atoms with Gasteiger partial charge in [0.2, 0.25) is 5.91 Å². The summed E-state index contributed by atoms with van der Waals surface area (Å²) in [6, 6.07) is 2.51. The number of nitrogens with one attached hydrogen (secondary N) is 2. The fourth-order valence-corrected chi connectivity index (χ4v) is 1.09. The molecule has 0 radical (unpaired) electrons. The third kappa shape index (κ3) is 3.39. The molecule has 0 bridgehead atoms. The number of nitrogens with two attached hydrogens (primary N) is 1. The molecule has 0 saturated heterocycles. The van der Waals surface area contributed by atoms with Crippen molar-refractivity contribution in [3.63, 3.8) is 0 Å². The third-order valence-electron chi connectivity index (χ3n) is 1.93. The van der Waals surface area contributed by atoms with E-state index in [1.165, 1.54) is 12.3 Å². The third-order valence-corrected chi connectivity index (χ3v) is 1.93. The van der Waals surface area contributed by atoms with Crippen LogP contribution in [0.5, 0.6) is 0 Å². The summed E-state index contributed by atoms with van der Waals surface area (Å²) in [6.45, 7) is 2.34. The molecular formula is C10H15N3O3. The number of hydrogen-bond donors (Lipinski definition) is 3. The summed E-state index contributed by atoms with van der Waals surface area (Å²) < 4.78 is 4.89. The van der Waals surface area contributed by atoms with Gasteiger partial charge in [-0.1, -0.05) is 0 Å². The van der Waals surface area contributed by atoms with Crippen LogP contribution in [0.4, 0.5) is 0 Å². The Bertz CT molecular complexity index is 348. The van der Waals surface area contributed by atoms with E-state index in [9.17, 15) is 9.59 Å². The summed E-state index contributed by atoms with van der Waals surface area (Å²) in [5.41, 5.74) is 5.24. The van der Waals surface area contributed by atoms with E-state index in [1.54, 1.807) is 13.0 Å². The minimum atomic E-state index is -0.621. The highest BCUT2D eigenvalue weighted by molar-refractivity contribution is 5.95. The normalized spacial score (nSPS) is 11.9. The fraction of sp³-hybridized carbons (Fsp3) is 0.400. The van der Waals surface area contributed by atoms with Gasteiger partial charge in [-0.3, -0.25) is 9.59 Å².